The first-order valence-electron chi connectivity index (χ1n) is 5.60. The fourth-order valence-corrected chi connectivity index (χ4v) is 1.92. The van der Waals surface area contributed by atoms with Crippen LogP contribution in [0.4, 0.5) is 8.78 Å². The van der Waals surface area contributed by atoms with Gasteiger partial charge >= 0.3 is 0 Å². The Hall–Kier alpha value is -1.78. The molecule has 0 radical (unpaired) electrons. The van der Waals surface area contributed by atoms with Crippen LogP contribution in [0.1, 0.15) is 22.7 Å². The van der Waals surface area contributed by atoms with Crippen LogP contribution >= 0.6 is 0 Å². The van der Waals surface area contributed by atoms with Crippen LogP contribution in [0.15, 0.2) is 42.5 Å². The molecule has 0 amide bonds. The smallest absolute Gasteiger partial charge is 0.128 e. The highest BCUT2D eigenvalue weighted by atomic mass is 19.1. The van der Waals surface area contributed by atoms with E-state index in [1.807, 2.05) is 0 Å². The summed E-state index contributed by atoms with van der Waals surface area (Å²) in [6.45, 7) is 1.66. The molecule has 1 unspecified atom stereocenters. The number of hydrazine groups is 1. The Kier molecular flexibility index (Phi) is 3.69. The predicted octanol–water partition coefficient (Wildman–Crippen LogP) is 2.83. The molecule has 0 fully saturated rings. The van der Waals surface area contributed by atoms with E-state index in [-0.39, 0.29) is 11.6 Å². The summed E-state index contributed by atoms with van der Waals surface area (Å²) in [5, 5.41) is 0. The molecule has 4 heteroatoms. The fraction of sp³-hybridized carbons (Fsp3) is 0.143. The first-order valence-corrected chi connectivity index (χ1v) is 5.60. The van der Waals surface area contributed by atoms with Crippen molar-refractivity contribution >= 4 is 0 Å². The average Bonchev–Trinajstić information content (AvgIpc) is 2.37. The van der Waals surface area contributed by atoms with Crippen LogP contribution in [0, 0.1) is 18.6 Å². The van der Waals surface area contributed by atoms with Crippen LogP contribution in [0.5, 0.6) is 0 Å². The summed E-state index contributed by atoms with van der Waals surface area (Å²) in [6, 6.07) is 10.5. The Morgan fingerprint density at radius 2 is 1.78 bits per heavy atom. The predicted molar refractivity (Wildman–Crippen MR) is 66.7 cm³/mol. The van der Waals surface area contributed by atoms with Crippen molar-refractivity contribution in [1.82, 2.24) is 5.43 Å². The van der Waals surface area contributed by atoms with E-state index >= 15 is 0 Å². The first kappa shape index (κ1) is 12.7. The van der Waals surface area contributed by atoms with Crippen LogP contribution in [-0.2, 0) is 0 Å². The summed E-state index contributed by atoms with van der Waals surface area (Å²) in [7, 11) is 0. The third-order valence-electron chi connectivity index (χ3n) is 2.90. The van der Waals surface area contributed by atoms with E-state index in [0.29, 0.717) is 11.1 Å². The summed E-state index contributed by atoms with van der Waals surface area (Å²) in [6.07, 6.45) is 0. The summed E-state index contributed by atoms with van der Waals surface area (Å²) in [5.41, 5.74) is 4.22. The molecule has 0 aliphatic heterocycles. The lowest BCUT2D eigenvalue weighted by atomic mass is 9.97. The van der Waals surface area contributed by atoms with Crippen LogP contribution in [0.3, 0.4) is 0 Å². The molecular formula is C14H14F2N2. The maximum Gasteiger partial charge on any atom is 0.128 e. The van der Waals surface area contributed by atoms with Gasteiger partial charge in [-0.25, -0.2) is 14.2 Å². The molecule has 0 saturated heterocycles. The summed E-state index contributed by atoms with van der Waals surface area (Å²) in [4.78, 5) is 0. The number of nitrogens with two attached hydrogens (primary N) is 1. The molecule has 1 atom stereocenters. The van der Waals surface area contributed by atoms with Crippen molar-refractivity contribution in [3.63, 3.8) is 0 Å². The van der Waals surface area contributed by atoms with Gasteiger partial charge in [-0.15, -0.1) is 0 Å². The minimum absolute atomic E-state index is 0.289. The molecular weight excluding hydrogens is 234 g/mol. The summed E-state index contributed by atoms with van der Waals surface area (Å²) >= 11 is 0. The van der Waals surface area contributed by atoms with Crippen molar-refractivity contribution in [3.8, 4) is 0 Å². The van der Waals surface area contributed by atoms with E-state index in [1.54, 1.807) is 37.3 Å². The zero-order valence-corrected chi connectivity index (χ0v) is 9.95. The second kappa shape index (κ2) is 5.25. The van der Waals surface area contributed by atoms with Gasteiger partial charge in [-0.05, 0) is 30.2 Å². The average molecular weight is 248 g/mol. The molecule has 0 bridgehead atoms. The zero-order chi connectivity index (χ0) is 13.1. The van der Waals surface area contributed by atoms with Gasteiger partial charge in [0.2, 0.25) is 0 Å². The van der Waals surface area contributed by atoms with Crippen molar-refractivity contribution in [1.29, 1.82) is 0 Å². The standard InChI is InChI=1S/C14H14F2N2/c1-9-8-10(6-7-12(9)15)14(18-17)11-4-2-3-5-13(11)16/h2-8,14,18H,17H2,1H3. The Balaban J connectivity index is 2.45. The molecule has 2 nitrogen and oxygen atoms in total. The highest BCUT2D eigenvalue weighted by molar-refractivity contribution is 5.35. The third-order valence-corrected chi connectivity index (χ3v) is 2.90. The second-order valence-electron chi connectivity index (χ2n) is 4.13. The molecule has 2 rings (SSSR count). The maximum absolute atomic E-state index is 13.7. The van der Waals surface area contributed by atoms with Gasteiger partial charge in [0.05, 0.1) is 6.04 Å². The topological polar surface area (TPSA) is 38.0 Å². The Morgan fingerprint density at radius 3 is 2.39 bits per heavy atom. The van der Waals surface area contributed by atoms with Crippen LogP contribution < -0.4 is 11.3 Å². The fourth-order valence-electron chi connectivity index (χ4n) is 1.92. The molecule has 18 heavy (non-hydrogen) atoms. The lowest BCUT2D eigenvalue weighted by Gasteiger charge is -2.18. The molecule has 3 N–H and O–H groups in total. The summed E-state index contributed by atoms with van der Waals surface area (Å²) < 4.78 is 26.9. The third kappa shape index (κ3) is 2.39. The molecule has 0 saturated carbocycles. The minimum Gasteiger partial charge on any atom is -0.271 e. The van der Waals surface area contributed by atoms with Crippen molar-refractivity contribution in [2.75, 3.05) is 0 Å². The van der Waals surface area contributed by atoms with Gasteiger partial charge in [-0.2, -0.15) is 0 Å². The molecule has 0 aliphatic rings. The van der Waals surface area contributed by atoms with E-state index in [4.69, 9.17) is 5.84 Å². The normalized spacial score (nSPS) is 12.4. The Labute approximate surface area is 104 Å². The van der Waals surface area contributed by atoms with Crippen molar-refractivity contribution < 1.29 is 8.78 Å². The van der Waals surface area contributed by atoms with Crippen molar-refractivity contribution in [2.45, 2.75) is 13.0 Å². The number of hydrogen-bond donors (Lipinski definition) is 2. The molecule has 2 aromatic carbocycles. The number of halogens is 2. The van der Waals surface area contributed by atoms with Crippen LogP contribution in [-0.4, -0.2) is 0 Å². The van der Waals surface area contributed by atoms with Crippen LogP contribution in [0.25, 0.3) is 0 Å². The van der Waals surface area contributed by atoms with Gasteiger partial charge in [0.1, 0.15) is 11.6 Å². The summed E-state index contributed by atoms with van der Waals surface area (Å²) in [5.74, 6) is 4.85. The Morgan fingerprint density at radius 1 is 1.06 bits per heavy atom. The van der Waals surface area contributed by atoms with Crippen LogP contribution in [0.2, 0.25) is 0 Å². The quantitative estimate of drug-likeness (QED) is 0.647. The molecule has 94 valence electrons. The lowest BCUT2D eigenvalue weighted by molar-refractivity contribution is 0.558. The van der Waals surface area contributed by atoms with E-state index in [0.717, 1.165) is 5.56 Å². The largest absolute Gasteiger partial charge is 0.271 e. The lowest BCUT2D eigenvalue weighted by Crippen LogP contribution is -2.29. The second-order valence-corrected chi connectivity index (χ2v) is 4.13. The highest BCUT2D eigenvalue weighted by Gasteiger charge is 2.16. The number of benzene rings is 2. The van der Waals surface area contributed by atoms with Crippen molar-refractivity contribution in [2.24, 2.45) is 5.84 Å². The van der Waals surface area contributed by atoms with Gasteiger partial charge < -0.3 is 0 Å². The molecule has 0 heterocycles. The van der Waals surface area contributed by atoms with Gasteiger partial charge in [0.15, 0.2) is 0 Å². The van der Waals surface area contributed by atoms with E-state index in [9.17, 15) is 8.78 Å². The van der Waals surface area contributed by atoms with E-state index in [2.05, 4.69) is 5.43 Å². The minimum atomic E-state index is -0.495. The molecule has 0 spiro atoms. The molecule has 0 aliphatic carbocycles. The first-order chi connectivity index (χ1) is 8.63. The Bertz CT molecular complexity index is 555. The number of rotatable bonds is 3. The highest BCUT2D eigenvalue weighted by Crippen LogP contribution is 2.24. The number of aryl methyl sites for hydroxylation is 1. The molecule has 0 aromatic heterocycles. The van der Waals surface area contributed by atoms with Gasteiger partial charge in [0, 0.05) is 5.56 Å². The number of hydrogen-bond acceptors (Lipinski definition) is 2. The maximum atomic E-state index is 13.7. The van der Waals surface area contributed by atoms with Gasteiger partial charge in [0.25, 0.3) is 0 Å². The monoisotopic (exact) mass is 248 g/mol. The number of nitrogens with one attached hydrogen (secondary N) is 1. The SMILES string of the molecule is Cc1cc(C(NN)c2ccccc2F)ccc1F. The van der Waals surface area contributed by atoms with E-state index < -0.39 is 6.04 Å². The zero-order valence-electron chi connectivity index (χ0n) is 9.95. The van der Waals surface area contributed by atoms with Gasteiger partial charge in [-0.3, -0.25) is 5.84 Å². The van der Waals surface area contributed by atoms with Crippen molar-refractivity contribution in [3.05, 3.63) is 70.8 Å². The molecule has 2 aromatic rings. The van der Waals surface area contributed by atoms with E-state index in [1.165, 1.54) is 12.1 Å². The van der Waals surface area contributed by atoms with Gasteiger partial charge in [-0.1, -0.05) is 30.3 Å².